The highest BCUT2D eigenvalue weighted by molar-refractivity contribution is 8.20. The van der Waals surface area contributed by atoms with Crippen LogP contribution in [0.2, 0.25) is 0 Å². The van der Waals surface area contributed by atoms with E-state index in [1.807, 2.05) is 23.9 Å². The van der Waals surface area contributed by atoms with Crippen LogP contribution in [0.25, 0.3) is 15.8 Å². The average Bonchev–Trinajstić information content (AvgIpc) is 2.73. The van der Waals surface area contributed by atoms with E-state index in [-0.39, 0.29) is 0 Å². The minimum Gasteiger partial charge on any atom is -0.352 e. The summed E-state index contributed by atoms with van der Waals surface area (Å²) in [6, 6.07) is 11.1. The number of hydrogen-bond acceptors (Lipinski definition) is 5. The highest BCUT2D eigenvalue weighted by Crippen LogP contribution is 2.43. The van der Waals surface area contributed by atoms with Crippen molar-refractivity contribution in [3.8, 4) is 0 Å². The molecule has 0 bridgehead atoms. The molecule has 3 aliphatic rings. The Labute approximate surface area is 163 Å². The number of fused-ring (bicyclic) bond motifs is 2. The van der Waals surface area contributed by atoms with E-state index < -0.39 is 0 Å². The maximum atomic E-state index is 4.92. The predicted molar refractivity (Wildman–Crippen MR) is 110 cm³/mol. The van der Waals surface area contributed by atoms with Crippen molar-refractivity contribution >= 4 is 39.5 Å². The second-order valence-electron chi connectivity index (χ2n) is 7.37. The zero-order valence-electron chi connectivity index (χ0n) is 14.8. The third-order valence-electron chi connectivity index (χ3n) is 5.85. The maximum Gasteiger partial charge on any atom is 0.152 e. The first-order valence-corrected chi connectivity index (χ1v) is 11.5. The lowest BCUT2D eigenvalue weighted by Gasteiger charge is -2.46. The van der Waals surface area contributed by atoms with Crippen LogP contribution in [-0.2, 0) is 0 Å². The van der Waals surface area contributed by atoms with Crippen LogP contribution in [0.5, 0.6) is 0 Å². The Balaban J connectivity index is 1.56. The first-order chi connectivity index (χ1) is 12.9. The van der Waals surface area contributed by atoms with Crippen molar-refractivity contribution < 1.29 is 0 Å². The molecule has 0 N–H and O–H groups in total. The van der Waals surface area contributed by atoms with Crippen molar-refractivity contribution in [1.82, 2.24) is 19.8 Å². The van der Waals surface area contributed by atoms with E-state index in [0.29, 0.717) is 6.04 Å². The summed E-state index contributed by atoms with van der Waals surface area (Å²) in [7, 11) is 0. The van der Waals surface area contributed by atoms with Gasteiger partial charge >= 0.3 is 0 Å². The number of thioether (sulfide) groups is 1. The summed E-state index contributed by atoms with van der Waals surface area (Å²) in [4.78, 5) is 3.83. The van der Waals surface area contributed by atoms with E-state index in [2.05, 4.69) is 33.3 Å². The molecule has 1 saturated carbocycles. The normalized spacial score (nSPS) is 26.5. The van der Waals surface area contributed by atoms with E-state index in [1.165, 1.54) is 43.4 Å². The van der Waals surface area contributed by atoms with Crippen molar-refractivity contribution in [3.63, 3.8) is 0 Å². The molecule has 2 aromatic rings. The number of nitrogens with zero attached hydrogens (tertiary/aromatic N) is 4. The fourth-order valence-electron chi connectivity index (χ4n) is 4.63. The zero-order chi connectivity index (χ0) is 17.3. The third-order valence-corrected chi connectivity index (χ3v) is 7.73. The van der Waals surface area contributed by atoms with E-state index in [4.69, 9.17) is 4.72 Å². The summed E-state index contributed by atoms with van der Waals surface area (Å²) in [5.41, 5.74) is 1.93. The van der Waals surface area contributed by atoms with E-state index >= 15 is 0 Å². The van der Waals surface area contributed by atoms with Crippen LogP contribution in [0.4, 0.5) is 0 Å². The maximum absolute atomic E-state index is 4.92. The predicted octanol–water partition coefficient (Wildman–Crippen LogP) is 4.87. The summed E-state index contributed by atoms with van der Waals surface area (Å²) in [6.07, 6.45) is 8.13. The molecule has 1 aromatic carbocycles. The summed E-state index contributed by atoms with van der Waals surface area (Å²) >= 11 is 3.55. The number of rotatable bonds is 2. The minimum atomic E-state index is 0.666. The molecule has 2 unspecified atom stereocenters. The van der Waals surface area contributed by atoms with Crippen LogP contribution in [0, 0.1) is 5.92 Å². The first kappa shape index (κ1) is 16.8. The number of likely N-dealkylation sites (tertiary alicyclic amines) is 1. The highest BCUT2D eigenvalue weighted by atomic mass is 32.2. The quantitative estimate of drug-likeness (QED) is 0.692. The highest BCUT2D eigenvalue weighted by Gasteiger charge is 2.37. The van der Waals surface area contributed by atoms with Gasteiger partial charge < -0.3 is 4.90 Å². The number of benzene rings is 1. The van der Waals surface area contributed by atoms with E-state index in [0.717, 1.165) is 40.0 Å². The van der Waals surface area contributed by atoms with Crippen molar-refractivity contribution in [3.05, 3.63) is 41.8 Å². The molecule has 0 spiro atoms. The Bertz CT molecular complexity index is 835. The Morgan fingerprint density at radius 3 is 2.88 bits per heavy atom. The van der Waals surface area contributed by atoms with Crippen LogP contribution in [0.1, 0.15) is 44.2 Å². The monoisotopic (exact) mass is 383 g/mol. The van der Waals surface area contributed by atoms with Crippen molar-refractivity contribution in [2.75, 3.05) is 11.6 Å². The van der Waals surface area contributed by atoms with Gasteiger partial charge in [0.25, 0.3) is 0 Å². The van der Waals surface area contributed by atoms with Crippen molar-refractivity contribution in [2.45, 2.75) is 44.6 Å². The molecule has 2 atom stereocenters. The van der Waals surface area contributed by atoms with Gasteiger partial charge in [0, 0.05) is 18.0 Å². The van der Waals surface area contributed by atoms with Crippen molar-refractivity contribution in [2.24, 2.45) is 5.92 Å². The third kappa shape index (κ3) is 3.07. The summed E-state index contributed by atoms with van der Waals surface area (Å²) < 4.78 is 4.92. The molecule has 0 amide bonds. The fourth-order valence-corrected chi connectivity index (χ4v) is 6.44. The summed E-state index contributed by atoms with van der Waals surface area (Å²) in [5, 5.41) is 11.1. The molecule has 6 heteroatoms. The molecule has 26 heavy (non-hydrogen) atoms. The largest absolute Gasteiger partial charge is 0.352 e. The molecule has 5 rings (SSSR count). The van der Waals surface area contributed by atoms with Gasteiger partial charge in [-0.1, -0.05) is 31.0 Å². The molecule has 3 heterocycles. The van der Waals surface area contributed by atoms with Gasteiger partial charge in [-0.05, 0) is 55.7 Å². The molecule has 1 saturated heterocycles. The topological polar surface area (TPSA) is 43.1 Å². The van der Waals surface area contributed by atoms with Crippen LogP contribution in [0.3, 0.4) is 0 Å². The SMILES string of the molecule is c1ccc2nnc(C3=C(N4CCCC5CCCCC54)[N]SCS3)cc2c1. The standard InChI is InChI=1S/C20H23N4S2/c1-3-9-16-15(7-1)12-17(22-21-16)19-20(23-26-13-25-19)24-11-5-8-14-6-2-4-10-18(14)24/h1,3,7,9,12,14,18H,2,4-6,8,10-11,13H2. The van der Waals surface area contributed by atoms with Crippen LogP contribution < -0.4 is 4.72 Å². The molecule has 2 fully saturated rings. The van der Waals surface area contributed by atoms with Gasteiger partial charge in [0.15, 0.2) is 5.82 Å². The molecule has 1 radical (unpaired) electrons. The molecule has 135 valence electrons. The Hall–Kier alpha value is -1.40. The lowest BCUT2D eigenvalue weighted by Crippen LogP contribution is -2.47. The summed E-state index contributed by atoms with van der Waals surface area (Å²) in [5.74, 6) is 2.01. The Morgan fingerprint density at radius 2 is 1.88 bits per heavy atom. The molecular formula is C20H23N4S2. The average molecular weight is 384 g/mol. The lowest BCUT2D eigenvalue weighted by atomic mass is 9.78. The van der Waals surface area contributed by atoms with E-state index in [1.54, 1.807) is 11.9 Å². The van der Waals surface area contributed by atoms with Crippen molar-refractivity contribution in [1.29, 1.82) is 0 Å². The van der Waals surface area contributed by atoms with Gasteiger partial charge in [0.2, 0.25) is 0 Å². The van der Waals surface area contributed by atoms with Gasteiger partial charge in [-0.2, -0.15) is 4.72 Å². The number of aromatic nitrogens is 2. The second kappa shape index (κ2) is 7.31. The van der Waals surface area contributed by atoms with Crippen LogP contribution in [-0.4, -0.2) is 32.8 Å². The zero-order valence-corrected chi connectivity index (χ0v) is 16.4. The van der Waals surface area contributed by atoms with Gasteiger partial charge in [-0.3, -0.25) is 0 Å². The Morgan fingerprint density at radius 1 is 1.00 bits per heavy atom. The van der Waals surface area contributed by atoms with Crippen LogP contribution in [0.15, 0.2) is 36.2 Å². The minimum absolute atomic E-state index is 0.666. The van der Waals surface area contributed by atoms with Gasteiger partial charge in [-0.25, -0.2) is 0 Å². The fraction of sp³-hybridized carbons (Fsp3) is 0.500. The van der Waals surface area contributed by atoms with Gasteiger partial charge in [0.05, 0.1) is 15.5 Å². The Kier molecular flexibility index (Phi) is 4.71. The van der Waals surface area contributed by atoms with E-state index in [9.17, 15) is 0 Å². The number of piperidine rings is 1. The first-order valence-electron chi connectivity index (χ1n) is 9.60. The molecule has 4 nitrogen and oxygen atoms in total. The molecule has 1 aliphatic carbocycles. The van der Waals surface area contributed by atoms with Gasteiger partial charge in [-0.15, -0.1) is 22.0 Å². The molecule has 2 aliphatic heterocycles. The summed E-state index contributed by atoms with van der Waals surface area (Å²) in [6.45, 7) is 1.13. The molecular weight excluding hydrogens is 360 g/mol. The van der Waals surface area contributed by atoms with Crippen LogP contribution >= 0.6 is 23.7 Å². The number of hydrogen-bond donors (Lipinski definition) is 0. The second-order valence-corrected chi connectivity index (χ2v) is 9.45. The van der Waals surface area contributed by atoms with Gasteiger partial charge in [0.1, 0.15) is 5.69 Å². The lowest BCUT2D eigenvalue weighted by molar-refractivity contribution is 0.0876. The smallest absolute Gasteiger partial charge is 0.152 e. The molecule has 1 aromatic heterocycles.